The van der Waals surface area contributed by atoms with Crippen molar-refractivity contribution in [3.63, 3.8) is 0 Å². The van der Waals surface area contributed by atoms with E-state index >= 15 is 0 Å². The molecule has 2 aromatic carbocycles. The molecular weight excluding hydrogens is 288 g/mol. The smallest absolute Gasteiger partial charge is 0.251 e. The molecule has 1 N–H and O–H groups in total. The molecule has 116 valence electrons. The van der Waals surface area contributed by atoms with Crippen LogP contribution in [0.25, 0.3) is 10.9 Å². The molecule has 0 fully saturated rings. The average molecular weight is 306 g/mol. The third-order valence-corrected chi connectivity index (χ3v) is 3.54. The zero-order valence-corrected chi connectivity index (χ0v) is 13.0. The number of benzene rings is 2. The van der Waals surface area contributed by atoms with Crippen molar-refractivity contribution in [2.75, 3.05) is 13.2 Å². The van der Waals surface area contributed by atoms with Crippen molar-refractivity contribution < 1.29 is 9.53 Å². The molecule has 0 unspecified atom stereocenters. The van der Waals surface area contributed by atoms with Gasteiger partial charge in [0.1, 0.15) is 12.4 Å². The van der Waals surface area contributed by atoms with Crippen LogP contribution in [-0.2, 0) is 0 Å². The molecule has 0 aliphatic heterocycles. The number of fused-ring (bicyclic) bond motifs is 1. The lowest BCUT2D eigenvalue weighted by Gasteiger charge is -2.08. The molecule has 3 rings (SSSR count). The lowest BCUT2D eigenvalue weighted by molar-refractivity contribution is 0.0947. The van der Waals surface area contributed by atoms with Crippen molar-refractivity contribution in [1.29, 1.82) is 0 Å². The first-order valence-corrected chi connectivity index (χ1v) is 7.55. The predicted octanol–water partition coefficient (Wildman–Crippen LogP) is 3.35. The van der Waals surface area contributed by atoms with Gasteiger partial charge in [-0.05, 0) is 43.3 Å². The van der Waals surface area contributed by atoms with Crippen molar-refractivity contribution in [3.8, 4) is 5.75 Å². The van der Waals surface area contributed by atoms with Gasteiger partial charge in [-0.25, -0.2) is 0 Å². The molecule has 0 aliphatic rings. The Labute approximate surface area is 135 Å². The topological polar surface area (TPSA) is 51.2 Å². The first-order valence-electron chi connectivity index (χ1n) is 7.55. The standard InChI is InChI=1S/C19H18N2O2/c1-14-4-6-15(7-5-14)19(22)21-11-12-23-17-8-9-18-16(13-17)3-2-10-20-18/h2-10,13H,11-12H2,1H3,(H,21,22). The second-order valence-corrected chi connectivity index (χ2v) is 5.33. The van der Waals surface area contributed by atoms with Gasteiger partial charge in [0, 0.05) is 17.1 Å². The minimum atomic E-state index is -0.0867. The van der Waals surface area contributed by atoms with Crippen LogP contribution < -0.4 is 10.1 Å². The van der Waals surface area contributed by atoms with Gasteiger partial charge in [0.15, 0.2) is 0 Å². The second kappa shape index (κ2) is 6.92. The summed E-state index contributed by atoms with van der Waals surface area (Å²) >= 11 is 0. The first-order chi connectivity index (χ1) is 11.2. The summed E-state index contributed by atoms with van der Waals surface area (Å²) in [5.74, 6) is 0.686. The van der Waals surface area contributed by atoms with Crippen molar-refractivity contribution in [3.05, 3.63) is 71.9 Å². The fraction of sp³-hybridized carbons (Fsp3) is 0.158. The lowest BCUT2D eigenvalue weighted by Crippen LogP contribution is -2.28. The highest BCUT2D eigenvalue weighted by atomic mass is 16.5. The van der Waals surface area contributed by atoms with Crippen molar-refractivity contribution >= 4 is 16.8 Å². The number of hydrogen-bond acceptors (Lipinski definition) is 3. The van der Waals surface area contributed by atoms with E-state index < -0.39 is 0 Å². The molecule has 1 amide bonds. The van der Waals surface area contributed by atoms with E-state index in [0.29, 0.717) is 18.7 Å². The fourth-order valence-electron chi connectivity index (χ4n) is 2.28. The summed E-state index contributed by atoms with van der Waals surface area (Å²) in [5.41, 5.74) is 2.73. The maximum Gasteiger partial charge on any atom is 0.251 e. The van der Waals surface area contributed by atoms with E-state index in [2.05, 4.69) is 10.3 Å². The van der Waals surface area contributed by atoms with Crippen LogP contribution in [0.5, 0.6) is 5.75 Å². The molecule has 0 spiro atoms. The van der Waals surface area contributed by atoms with Crippen LogP contribution in [0, 0.1) is 6.92 Å². The first kappa shape index (κ1) is 15.0. The van der Waals surface area contributed by atoms with Crippen LogP contribution in [0.2, 0.25) is 0 Å². The second-order valence-electron chi connectivity index (χ2n) is 5.33. The Morgan fingerprint density at radius 2 is 1.96 bits per heavy atom. The van der Waals surface area contributed by atoms with Crippen LogP contribution in [-0.4, -0.2) is 24.0 Å². The van der Waals surface area contributed by atoms with E-state index in [1.807, 2.05) is 61.5 Å². The molecule has 4 heteroatoms. The molecule has 0 saturated heterocycles. The summed E-state index contributed by atoms with van der Waals surface area (Å²) in [4.78, 5) is 16.2. The van der Waals surface area contributed by atoms with Gasteiger partial charge in [0.25, 0.3) is 5.91 Å². The number of amides is 1. The number of nitrogens with one attached hydrogen (secondary N) is 1. The van der Waals surface area contributed by atoms with Crippen molar-refractivity contribution in [2.24, 2.45) is 0 Å². The minimum absolute atomic E-state index is 0.0867. The number of nitrogens with zero attached hydrogens (tertiary/aromatic N) is 1. The number of pyridine rings is 1. The van der Waals surface area contributed by atoms with E-state index in [1.165, 1.54) is 0 Å². The third-order valence-electron chi connectivity index (χ3n) is 3.54. The van der Waals surface area contributed by atoms with Crippen LogP contribution >= 0.6 is 0 Å². The molecule has 0 atom stereocenters. The van der Waals surface area contributed by atoms with Crippen molar-refractivity contribution in [2.45, 2.75) is 6.92 Å². The van der Waals surface area contributed by atoms with Crippen LogP contribution in [0.3, 0.4) is 0 Å². The number of aryl methyl sites for hydroxylation is 1. The fourth-order valence-corrected chi connectivity index (χ4v) is 2.28. The molecule has 0 aliphatic carbocycles. The largest absolute Gasteiger partial charge is 0.492 e. The quantitative estimate of drug-likeness (QED) is 0.735. The summed E-state index contributed by atoms with van der Waals surface area (Å²) < 4.78 is 5.68. The zero-order chi connectivity index (χ0) is 16.1. The number of rotatable bonds is 5. The van der Waals surface area contributed by atoms with Crippen LogP contribution in [0.15, 0.2) is 60.8 Å². The van der Waals surface area contributed by atoms with Gasteiger partial charge in [-0.1, -0.05) is 23.8 Å². The molecule has 1 aromatic heterocycles. The van der Waals surface area contributed by atoms with E-state index in [9.17, 15) is 4.79 Å². The maximum atomic E-state index is 12.0. The SMILES string of the molecule is Cc1ccc(C(=O)NCCOc2ccc3ncccc3c2)cc1. The number of aromatic nitrogens is 1. The van der Waals surface area contributed by atoms with Gasteiger partial charge in [0.05, 0.1) is 12.1 Å². The molecule has 0 saturated carbocycles. The molecule has 1 heterocycles. The Morgan fingerprint density at radius 1 is 1.13 bits per heavy atom. The number of ether oxygens (including phenoxy) is 1. The summed E-state index contributed by atoms with van der Waals surface area (Å²) in [5, 5.41) is 3.89. The number of carbonyl (C=O) groups excluding carboxylic acids is 1. The van der Waals surface area contributed by atoms with Crippen molar-refractivity contribution in [1.82, 2.24) is 10.3 Å². The van der Waals surface area contributed by atoms with Gasteiger partial charge in [0.2, 0.25) is 0 Å². The summed E-state index contributed by atoms with van der Waals surface area (Å²) in [6, 6.07) is 17.1. The van der Waals surface area contributed by atoms with E-state index in [0.717, 1.165) is 22.2 Å². The van der Waals surface area contributed by atoms with E-state index in [-0.39, 0.29) is 5.91 Å². The lowest BCUT2D eigenvalue weighted by atomic mass is 10.1. The molecular formula is C19H18N2O2. The zero-order valence-electron chi connectivity index (χ0n) is 13.0. The highest BCUT2D eigenvalue weighted by molar-refractivity contribution is 5.94. The molecule has 3 aromatic rings. The van der Waals surface area contributed by atoms with E-state index in [1.54, 1.807) is 6.20 Å². The van der Waals surface area contributed by atoms with E-state index in [4.69, 9.17) is 4.74 Å². The average Bonchev–Trinajstić information content (AvgIpc) is 2.59. The Morgan fingerprint density at radius 3 is 2.78 bits per heavy atom. The molecule has 4 nitrogen and oxygen atoms in total. The number of hydrogen-bond donors (Lipinski definition) is 1. The predicted molar refractivity (Wildman–Crippen MR) is 90.8 cm³/mol. The summed E-state index contributed by atoms with van der Waals surface area (Å²) in [7, 11) is 0. The third kappa shape index (κ3) is 3.86. The molecule has 0 radical (unpaired) electrons. The highest BCUT2D eigenvalue weighted by Gasteiger charge is 2.04. The highest BCUT2D eigenvalue weighted by Crippen LogP contribution is 2.18. The van der Waals surface area contributed by atoms with Crippen LogP contribution in [0.4, 0.5) is 0 Å². The van der Waals surface area contributed by atoms with Gasteiger partial charge < -0.3 is 10.1 Å². The van der Waals surface area contributed by atoms with Gasteiger partial charge in [-0.15, -0.1) is 0 Å². The van der Waals surface area contributed by atoms with Crippen LogP contribution in [0.1, 0.15) is 15.9 Å². The Balaban J connectivity index is 1.50. The summed E-state index contributed by atoms with van der Waals surface area (Å²) in [6.07, 6.45) is 1.77. The Kier molecular flexibility index (Phi) is 4.52. The van der Waals surface area contributed by atoms with Gasteiger partial charge >= 0.3 is 0 Å². The van der Waals surface area contributed by atoms with Gasteiger partial charge in [-0.2, -0.15) is 0 Å². The number of carbonyl (C=O) groups is 1. The minimum Gasteiger partial charge on any atom is -0.492 e. The molecule has 23 heavy (non-hydrogen) atoms. The Bertz CT molecular complexity index is 813. The summed E-state index contributed by atoms with van der Waals surface area (Å²) in [6.45, 7) is 2.87. The van der Waals surface area contributed by atoms with Gasteiger partial charge in [-0.3, -0.25) is 9.78 Å². The maximum absolute atomic E-state index is 12.0. The Hall–Kier alpha value is -2.88. The monoisotopic (exact) mass is 306 g/mol. The molecule has 0 bridgehead atoms. The normalized spacial score (nSPS) is 10.5.